The topological polar surface area (TPSA) is 75.7 Å². The highest BCUT2D eigenvalue weighted by Crippen LogP contribution is 2.32. The molecule has 1 saturated carbocycles. The van der Waals surface area contributed by atoms with Gasteiger partial charge in [0.05, 0.1) is 22.6 Å². The van der Waals surface area contributed by atoms with E-state index in [1.165, 1.54) is 0 Å². The lowest BCUT2D eigenvalue weighted by molar-refractivity contribution is 0.00441. The lowest BCUT2D eigenvalue weighted by Gasteiger charge is -2.43. The van der Waals surface area contributed by atoms with Gasteiger partial charge in [-0.15, -0.1) is 0 Å². The number of nitrogens with zero attached hydrogens (tertiary/aromatic N) is 1. The lowest BCUT2D eigenvalue weighted by Crippen LogP contribution is -2.60. The number of fused-ring (bicyclic) bond motifs is 1. The van der Waals surface area contributed by atoms with Gasteiger partial charge in [0, 0.05) is 20.2 Å². The number of hydrogen-bond donors (Lipinski definition) is 1. The van der Waals surface area contributed by atoms with Gasteiger partial charge in [-0.2, -0.15) is 0 Å². The minimum Gasteiger partial charge on any atom is -0.377 e. The van der Waals surface area contributed by atoms with E-state index in [2.05, 4.69) is 5.32 Å². The van der Waals surface area contributed by atoms with Crippen molar-refractivity contribution in [1.29, 1.82) is 0 Å². The first kappa shape index (κ1) is 17.5. The Balaban J connectivity index is 2.03. The summed E-state index contributed by atoms with van der Waals surface area (Å²) in [4.78, 5) is 14.2. The molecule has 0 spiro atoms. The van der Waals surface area contributed by atoms with E-state index in [1.807, 2.05) is 13.8 Å². The minimum atomic E-state index is -3.05. The summed E-state index contributed by atoms with van der Waals surface area (Å²) in [6.45, 7) is 4.70. The second-order valence-corrected chi connectivity index (χ2v) is 8.96. The van der Waals surface area contributed by atoms with Crippen LogP contribution in [0.3, 0.4) is 0 Å². The highest BCUT2D eigenvalue weighted by molar-refractivity contribution is 7.92. The molecule has 2 amide bonds. The molecule has 0 aromatic heterocycles. The molecule has 1 heterocycles. The molecule has 1 aliphatic carbocycles. The molecule has 3 unspecified atom stereocenters. The monoisotopic (exact) mass is 332 g/mol. The number of carbonyl (C=O) groups excluding carboxylic acids is 1. The molecular weight excluding hydrogens is 304 g/mol. The Bertz CT molecular complexity index is 502. The highest BCUT2D eigenvalue weighted by atomic mass is 32.2. The van der Waals surface area contributed by atoms with Crippen molar-refractivity contribution >= 4 is 15.9 Å². The third-order valence-electron chi connectivity index (χ3n) is 5.26. The first-order valence-corrected chi connectivity index (χ1v) is 9.86. The molecule has 0 radical (unpaired) electrons. The maximum atomic E-state index is 12.5. The van der Waals surface area contributed by atoms with E-state index < -0.39 is 9.84 Å². The molecule has 2 fully saturated rings. The normalized spacial score (nSPS) is 30.2. The van der Waals surface area contributed by atoms with E-state index in [-0.39, 0.29) is 28.7 Å². The van der Waals surface area contributed by atoms with Gasteiger partial charge >= 0.3 is 6.03 Å². The molecule has 0 aromatic carbocycles. The first-order valence-electron chi connectivity index (χ1n) is 8.14. The fourth-order valence-electron chi connectivity index (χ4n) is 3.35. The Morgan fingerprint density at radius 1 is 1.36 bits per heavy atom. The van der Waals surface area contributed by atoms with Crippen molar-refractivity contribution in [3.05, 3.63) is 0 Å². The summed E-state index contributed by atoms with van der Waals surface area (Å²) < 4.78 is 29.9. The molecule has 0 aromatic rings. The minimum absolute atomic E-state index is 0.0803. The van der Waals surface area contributed by atoms with Crippen molar-refractivity contribution in [1.82, 2.24) is 10.2 Å². The Hall–Kier alpha value is -0.820. The number of carbonyl (C=O) groups is 1. The van der Waals surface area contributed by atoms with Gasteiger partial charge in [0.1, 0.15) is 0 Å². The predicted molar refractivity (Wildman–Crippen MR) is 85.6 cm³/mol. The number of amides is 2. The van der Waals surface area contributed by atoms with Crippen LogP contribution in [0.25, 0.3) is 0 Å². The van der Waals surface area contributed by atoms with E-state index in [1.54, 1.807) is 12.0 Å². The zero-order valence-corrected chi connectivity index (χ0v) is 14.6. The largest absolute Gasteiger partial charge is 0.377 e. The Kier molecular flexibility index (Phi) is 5.37. The number of nitrogens with one attached hydrogen (secondary N) is 1. The molecule has 22 heavy (non-hydrogen) atoms. The van der Waals surface area contributed by atoms with Crippen LogP contribution in [0.2, 0.25) is 0 Å². The summed E-state index contributed by atoms with van der Waals surface area (Å²) in [5.41, 5.74) is -0.385. The van der Waals surface area contributed by atoms with Gasteiger partial charge in [-0.1, -0.05) is 19.8 Å². The van der Waals surface area contributed by atoms with Gasteiger partial charge in [-0.3, -0.25) is 0 Å². The number of ether oxygens (including phenoxy) is 1. The van der Waals surface area contributed by atoms with Crippen LogP contribution in [0.1, 0.15) is 46.0 Å². The van der Waals surface area contributed by atoms with E-state index in [9.17, 15) is 13.2 Å². The lowest BCUT2D eigenvalue weighted by atomic mass is 9.93. The Morgan fingerprint density at radius 3 is 2.68 bits per heavy atom. The molecule has 3 atom stereocenters. The average Bonchev–Trinajstić information content (AvgIpc) is 2.52. The number of sulfone groups is 1. The van der Waals surface area contributed by atoms with Crippen LogP contribution in [-0.2, 0) is 14.6 Å². The number of rotatable bonds is 4. The fraction of sp³-hybridized carbons (Fsp3) is 0.933. The highest BCUT2D eigenvalue weighted by Gasteiger charge is 2.44. The molecule has 0 bridgehead atoms. The molecule has 1 saturated heterocycles. The van der Waals surface area contributed by atoms with Crippen molar-refractivity contribution in [2.45, 2.75) is 62.8 Å². The van der Waals surface area contributed by atoms with Gasteiger partial charge in [-0.25, -0.2) is 13.2 Å². The SMILES string of the molecule is CCC(C)(CNC(=O)N1CCS(=O)(=O)C2CCCCC21)OC. The van der Waals surface area contributed by atoms with Crippen molar-refractivity contribution in [2.75, 3.05) is 26.0 Å². The second-order valence-electron chi connectivity index (χ2n) is 6.62. The van der Waals surface area contributed by atoms with Crippen LogP contribution >= 0.6 is 0 Å². The summed E-state index contributed by atoms with van der Waals surface area (Å²) in [5, 5.41) is 2.55. The molecule has 7 heteroatoms. The summed E-state index contributed by atoms with van der Waals surface area (Å²) in [6.07, 6.45) is 4.19. The smallest absolute Gasteiger partial charge is 0.317 e. The Labute approximate surface area is 133 Å². The molecule has 2 rings (SSSR count). The van der Waals surface area contributed by atoms with Gasteiger partial charge in [-0.05, 0) is 26.2 Å². The molecule has 2 aliphatic rings. The third kappa shape index (κ3) is 3.56. The number of methoxy groups -OCH3 is 1. The predicted octanol–water partition coefficient (Wildman–Crippen LogP) is 1.55. The van der Waals surface area contributed by atoms with Crippen molar-refractivity contribution in [3.63, 3.8) is 0 Å². The van der Waals surface area contributed by atoms with Gasteiger partial charge in [0.2, 0.25) is 0 Å². The van der Waals surface area contributed by atoms with E-state index in [4.69, 9.17) is 4.74 Å². The maximum absolute atomic E-state index is 12.5. The Morgan fingerprint density at radius 2 is 2.05 bits per heavy atom. The summed E-state index contributed by atoms with van der Waals surface area (Å²) in [5.74, 6) is 0.0803. The second kappa shape index (κ2) is 6.74. The molecule has 6 nitrogen and oxygen atoms in total. The quantitative estimate of drug-likeness (QED) is 0.847. The maximum Gasteiger partial charge on any atom is 0.317 e. The summed E-state index contributed by atoms with van der Waals surface area (Å²) in [7, 11) is -1.41. The summed E-state index contributed by atoms with van der Waals surface area (Å²) in [6, 6.07) is -0.327. The van der Waals surface area contributed by atoms with Gasteiger partial charge in [0.15, 0.2) is 9.84 Å². The van der Waals surface area contributed by atoms with Gasteiger partial charge < -0.3 is 15.0 Å². The van der Waals surface area contributed by atoms with Crippen LogP contribution in [0, 0.1) is 0 Å². The van der Waals surface area contributed by atoms with Crippen molar-refractivity contribution in [2.24, 2.45) is 0 Å². The fourth-order valence-corrected chi connectivity index (χ4v) is 5.39. The summed E-state index contributed by atoms with van der Waals surface area (Å²) >= 11 is 0. The number of urea groups is 1. The van der Waals surface area contributed by atoms with Crippen molar-refractivity contribution < 1.29 is 17.9 Å². The van der Waals surface area contributed by atoms with Crippen LogP contribution in [0.5, 0.6) is 0 Å². The zero-order chi connectivity index (χ0) is 16.4. The standard InChI is InChI=1S/C15H28N2O4S/c1-4-15(2,21-3)11-16-14(18)17-9-10-22(19,20)13-8-6-5-7-12(13)17/h12-13H,4-11H2,1-3H3,(H,16,18). The molecule has 1 N–H and O–H groups in total. The zero-order valence-electron chi connectivity index (χ0n) is 13.8. The van der Waals surface area contributed by atoms with Gasteiger partial charge in [0.25, 0.3) is 0 Å². The van der Waals surface area contributed by atoms with Crippen molar-refractivity contribution in [3.8, 4) is 0 Å². The van der Waals surface area contributed by atoms with E-state index in [0.717, 1.165) is 25.7 Å². The van der Waals surface area contributed by atoms with E-state index in [0.29, 0.717) is 19.5 Å². The van der Waals surface area contributed by atoms with E-state index >= 15 is 0 Å². The van der Waals surface area contributed by atoms with Crippen LogP contribution < -0.4 is 5.32 Å². The van der Waals surface area contributed by atoms with Crippen LogP contribution in [0.15, 0.2) is 0 Å². The molecule has 1 aliphatic heterocycles. The van der Waals surface area contributed by atoms with Crippen LogP contribution in [0.4, 0.5) is 4.79 Å². The number of hydrogen-bond acceptors (Lipinski definition) is 4. The molecular formula is C15H28N2O4S. The first-order chi connectivity index (χ1) is 10.3. The average molecular weight is 332 g/mol. The molecule has 128 valence electrons. The van der Waals surface area contributed by atoms with Crippen LogP contribution in [-0.4, -0.2) is 62.2 Å². The third-order valence-corrected chi connectivity index (χ3v) is 7.49.